The highest BCUT2D eigenvalue weighted by Crippen LogP contribution is 2.53. The number of Topliss-reactive ketones (excluding diaryl/α,β-unsaturated/α-hetero) is 1. The summed E-state index contributed by atoms with van der Waals surface area (Å²) in [5.74, 6) is -2.63. The van der Waals surface area contributed by atoms with Gasteiger partial charge in [0, 0.05) is 42.0 Å². The van der Waals surface area contributed by atoms with E-state index >= 15 is 0 Å². The number of aliphatic carboxylic acids is 1. The first-order chi connectivity index (χ1) is 16.1. The van der Waals surface area contributed by atoms with Crippen molar-refractivity contribution in [2.45, 2.75) is 57.4 Å². The number of carboxylic acid groups (broad SMARTS) is 1. The molecule has 0 bridgehead atoms. The number of ketones is 1. The SMILES string of the molecule is CONC(=O)CCNC(=O)C1CC(SC2=C(C(=O)O)N3C(=O)[C@H]([C@@H](C)CC(C)=O)[C@H]3[C@H]2C)CN1. The molecular formula is C22H32N4O7S. The molecule has 3 amide bonds. The Bertz CT molecular complexity index is 908. The predicted octanol–water partition coefficient (Wildman–Crippen LogP) is 0.0221. The number of thioether (sulfide) groups is 1. The van der Waals surface area contributed by atoms with E-state index in [1.807, 2.05) is 13.8 Å². The number of nitrogens with one attached hydrogen (secondary N) is 3. The summed E-state index contributed by atoms with van der Waals surface area (Å²) in [6.07, 6.45) is 0.868. The van der Waals surface area contributed by atoms with Crippen molar-refractivity contribution in [1.29, 1.82) is 0 Å². The van der Waals surface area contributed by atoms with Gasteiger partial charge in [-0.2, -0.15) is 0 Å². The van der Waals surface area contributed by atoms with Gasteiger partial charge < -0.3 is 25.4 Å². The van der Waals surface area contributed by atoms with Gasteiger partial charge >= 0.3 is 5.97 Å². The molecular weight excluding hydrogens is 464 g/mol. The van der Waals surface area contributed by atoms with Crippen molar-refractivity contribution in [1.82, 2.24) is 21.0 Å². The van der Waals surface area contributed by atoms with Crippen LogP contribution in [0.1, 0.15) is 40.0 Å². The second kappa shape index (κ2) is 10.9. The van der Waals surface area contributed by atoms with Gasteiger partial charge in [0.1, 0.15) is 11.5 Å². The quantitative estimate of drug-likeness (QED) is 0.229. The summed E-state index contributed by atoms with van der Waals surface area (Å²) < 4.78 is 0. The first kappa shape index (κ1) is 26.2. The lowest BCUT2D eigenvalue weighted by Gasteiger charge is -2.47. The molecule has 6 atom stereocenters. The van der Waals surface area contributed by atoms with E-state index in [4.69, 9.17) is 0 Å². The van der Waals surface area contributed by atoms with Gasteiger partial charge in [-0.1, -0.05) is 13.8 Å². The molecule has 0 spiro atoms. The number of fused-ring (bicyclic) bond motifs is 1. The number of amides is 3. The molecule has 0 saturated carbocycles. The van der Waals surface area contributed by atoms with Gasteiger partial charge in [0.15, 0.2) is 0 Å². The van der Waals surface area contributed by atoms with Crippen LogP contribution in [0.3, 0.4) is 0 Å². The van der Waals surface area contributed by atoms with Gasteiger partial charge in [-0.25, -0.2) is 10.3 Å². The topological polar surface area (TPSA) is 154 Å². The van der Waals surface area contributed by atoms with Gasteiger partial charge in [0.25, 0.3) is 0 Å². The summed E-state index contributed by atoms with van der Waals surface area (Å²) in [5.41, 5.74) is 2.21. The number of hydrogen-bond acceptors (Lipinski definition) is 8. The molecule has 3 heterocycles. The second-order valence-electron chi connectivity index (χ2n) is 9.12. The monoisotopic (exact) mass is 496 g/mol. The number of hydrogen-bond donors (Lipinski definition) is 4. The molecule has 3 rings (SSSR count). The molecule has 2 unspecified atom stereocenters. The van der Waals surface area contributed by atoms with E-state index in [1.54, 1.807) is 0 Å². The van der Waals surface area contributed by atoms with E-state index in [0.717, 1.165) is 0 Å². The highest BCUT2D eigenvalue weighted by Gasteiger charge is 2.60. The number of hydroxylamine groups is 1. The average Bonchev–Trinajstić information content (AvgIpc) is 3.30. The van der Waals surface area contributed by atoms with E-state index in [0.29, 0.717) is 17.9 Å². The molecule has 188 valence electrons. The minimum absolute atomic E-state index is 0.00564. The second-order valence-corrected chi connectivity index (χ2v) is 10.5. The lowest BCUT2D eigenvalue weighted by Crippen LogP contribution is -2.62. The first-order valence-electron chi connectivity index (χ1n) is 11.4. The Kier molecular flexibility index (Phi) is 8.37. The highest BCUT2D eigenvalue weighted by molar-refractivity contribution is 8.03. The van der Waals surface area contributed by atoms with Crippen LogP contribution in [0.5, 0.6) is 0 Å². The average molecular weight is 497 g/mol. The normalized spacial score (nSPS) is 28.9. The molecule has 4 N–H and O–H groups in total. The maximum absolute atomic E-state index is 12.8. The van der Waals surface area contributed by atoms with Crippen molar-refractivity contribution in [2.75, 3.05) is 20.2 Å². The van der Waals surface area contributed by atoms with Crippen molar-refractivity contribution in [2.24, 2.45) is 17.8 Å². The van der Waals surface area contributed by atoms with Crippen LogP contribution in [0.15, 0.2) is 10.6 Å². The molecule has 34 heavy (non-hydrogen) atoms. The zero-order chi connectivity index (χ0) is 25.2. The highest BCUT2D eigenvalue weighted by atomic mass is 32.2. The summed E-state index contributed by atoms with van der Waals surface area (Å²) in [4.78, 5) is 66.9. The molecule has 3 aliphatic rings. The lowest BCUT2D eigenvalue weighted by molar-refractivity contribution is -0.160. The van der Waals surface area contributed by atoms with Crippen LogP contribution in [0.25, 0.3) is 0 Å². The number of carbonyl (C=O) groups is 5. The fourth-order valence-electron chi connectivity index (χ4n) is 5.11. The summed E-state index contributed by atoms with van der Waals surface area (Å²) in [6.45, 7) is 5.97. The third-order valence-electron chi connectivity index (χ3n) is 6.58. The molecule has 0 aliphatic carbocycles. The molecule has 12 heteroatoms. The first-order valence-corrected chi connectivity index (χ1v) is 12.2. The molecule has 2 fully saturated rings. The molecule has 0 aromatic carbocycles. The smallest absolute Gasteiger partial charge is 0.353 e. The van der Waals surface area contributed by atoms with Crippen LogP contribution in [-0.4, -0.2) is 77.0 Å². The fraction of sp³-hybridized carbons (Fsp3) is 0.682. The maximum Gasteiger partial charge on any atom is 0.353 e. The van der Waals surface area contributed by atoms with Crippen molar-refractivity contribution in [3.63, 3.8) is 0 Å². The van der Waals surface area contributed by atoms with Crippen molar-refractivity contribution in [3.05, 3.63) is 10.6 Å². The maximum atomic E-state index is 12.8. The van der Waals surface area contributed by atoms with Crippen molar-refractivity contribution < 1.29 is 33.9 Å². The van der Waals surface area contributed by atoms with Crippen LogP contribution < -0.4 is 16.1 Å². The Labute approximate surface area is 202 Å². The number of carboxylic acids is 1. The van der Waals surface area contributed by atoms with Crippen LogP contribution in [0.2, 0.25) is 0 Å². The van der Waals surface area contributed by atoms with Gasteiger partial charge in [-0.3, -0.25) is 19.2 Å². The van der Waals surface area contributed by atoms with E-state index in [2.05, 4.69) is 21.0 Å². The number of β-lactam (4-membered cyclic amide) rings is 1. The van der Waals surface area contributed by atoms with Gasteiger partial charge in [-0.15, -0.1) is 11.8 Å². The van der Waals surface area contributed by atoms with Crippen LogP contribution in [0, 0.1) is 17.8 Å². The van der Waals surface area contributed by atoms with Gasteiger partial charge in [-0.05, 0) is 19.3 Å². The lowest BCUT2D eigenvalue weighted by atomic mass is 9.73. The van der Waals surface area contributed by atoms with Gasteiger partial charge in [0.05, 0.1) is 25.1 Å². The largest absolute Gasteiger partial charge is 0.477 e. The Morgan fingerprint density at radius 1 is 1.32 bits per heavy atom. The molecule has 2 saturated heterocycles. The predicted molar refractivity (Wildman–Crippen MR) is 123 cm³/mol. The van der Waals surface area contributed by atoms with Crippen molar-refractivity contribution >= 4 is 41.2 Å². The standard InChI is InChI=1S/C22H32N4O7S/c1-10(7-11(2)27)16-17-12(3)19(18(22(31)32)26(17)21(16)30)34-13-8-14(24-9-13)20(29)23-6-5-15(28)25-33-4/h10,12-14,16-17,24H,5-9H2,1-4H3,(H,23,29)(H,25,28)(H,31,32)/t10-,12+,13?,14?,16+,17+/m0/s1. The molecule has 0 aromatic heterocycles. The minimum atomic E-state index is -1.14. The Morgan fingerprint density at radius 2 is 2.03 bits per heavy atom. The zero-order valence-electron chi connectivity index (χ0n) is 19.8. The minimum Gasteiger partial charge on any atom is -0.477 e. The van der Waals surface area contributed by atoms with E-state index in [9.17, 15) is 29.1 Å². The van der Waals surface area contributed by atoms with E-state index < -0.39 is 12.0 Å². The Morgan fingerprint density at radius 3 is 2.65 bits per heavy atom. The molecule has 3 aliphatic heterocycles. The summed E-state index contributed by atoms with van der Waals surface area (Å²) in [7, 11) is 1.33. The molecule has 0 radical (unpaired) electrons. The third kappa shape index (κ3) is 5.28. The molecule has 11 nitrogen and oxygen atoms in total. The van der Waals surface area contributed by atoms with Crippen LogP contribution in [0.4, 0.5) is 0 Å². The van der Waals surface area contributed by atoms with E-state index in [1.165, 1.54) is 30.7 Å². The zero-order valence-corrected chi connectivity index (χ0v) is 20.6. The van der Waals surface area contributed by atoms with Crippen LogP contribution in [-0.2, 0) is 28.8 Å². The number of nitrogens with zero attached hydrogens (tertiary/aromatic N) is 1. The number of rotatable bonds is 11. The van der Waals surface area contributed by atoms with Gasteiger partial charge in [0.2, 0.25) is 17.7 Å². The van der Waals surface area contributed by atoms with Crippen LogP contribution >= 0.6 is 11.8 Å². The Hall–Kier alpha value is -2.44. The summed E-state index contributed by atoms with van der Waals surface area (Å²) >= 11 is 1.41. The number of carbonyl (C=O) groups excluding carboxylic acids is 4. The summed E-state index contributed by atoms with van der Waals surface area (Å²) in [6, 6.07) is -0.710. The Balaban J connectivity index is 1.61. The molecule has 0 aromatic rings. The third-order valence-corrected chi connectivity index (χ3v) is 8.09. The van der Waals surface area contributed by atoms with Crippen molar-refractivity contribution in [3.8, 4) is 0 Å². The fourth-order valence-corrected chi connectivity index (χ4v) is 6.59. The summed E-state index contributed by atoms with van der Waals surface area (Å²) in [5, 5.41) is 15.7. The van der Waals surface area contributed by atoms with E-state index in [-0.39, 0.29) is 77.6 Å².